The molecule has 0 radical (unpaired) electrons. The second kappa shape index (κ2) is 2.34. The number of hydrogen-bond acceptors (Lipinski definition) is 2. The highest BCUT2D eigenvalue weighted by molar-refractivity contribution is 5.16. The third-order valence-corrected chi connectivity index (χ3v) is 2.81. The molecule has 2 rings (SSSR count). The maximum Gasteiger partial charge on any atom is 0.139 e. The zero-order chi connectivity index (χ0) is 9.69. The van der Waals surface area contributed by atoms with Gasteiger partial charge in [0.15, 0.2) is 0 Å². The van der Waals surface area contributed by atoms with Gasteiger partial charge in [0.05, 0.1) is 0 Å². The molecule has 1 aliphatic rings. The molecule has 0 bridgehead atoms. The highest BCUT2D eigenvalue weighted by Gasteiger charge is 2.44. The van der Waals surface area contributed by atoms with Crippen LogP contribution in [0.2, 0.25) is 0 Å². The van der Waals surface area contributed by atoms with Gasteiger partial charge in [0.25, 0.3) is 0 Å². The van der Waals surface area contributed by atoms with Gasteiger partial charge in [-0.05, 0) is 33.6 Å². The monoisotopic (exact) mass is 179 g/mol. The number of aromatic nitrogens is 3. The van der Waals surface area contributed by atoms with Crippen molar-refractivity contribution < 1.29 is 0 Å². The Balaban J connectivity index is 2.42. The molecule has 3 nitrogen and oxygen atoms in total. The summed E-state index contributed by atoms with van der Waals surface area (Å²) < 4.78 is 2.19. The van der Waals surface area contributed by atoms with Crippen LogP contribution in [0, 0.1) is 0 Å². The predicted molar refractivity (Wildman–Crippen MR) is 51.6 cm³/mol. The number of nitrogens with zero attached hydrogens (tertiary/aromatic N) is 3. The highest BCUT2D eigenvalue weighted by Crippen LogP contribution is 2.47. The molecule has 1 aromatic heterocycles. The summed E-state index contributed by atoms with van der Waals surface area (Å²) in [5.41, 5.74) is 0.411. The van der Waals surface area contributed by atoms with Crippen LogP contribution in [0.3, 0.4) is 0 Å². The summed E-state index contributed by atoms with van der Waals surface area (Å²) in [6, 6.07) is 0. The topological polar surface area (TPSA) is 30.7 Å². The van der Waals surface area contributed by atoms with E-state index in [2.05, 4.69) is 42.5 Å². The van der Waals surface area contributed by atoms with Crippen molar-refractivity contribution in [3.63, 3.8) is 0 Å². The van der Waals surface area contributed by atoms with Crippen molar-refractivity contribution in [2.24, 2.45) is 0 Å². The maximum atomic E-state index is 4.23. The molecule has 1 heterocycles. The summed E-state index contributed by atoms with van der Waals surface area (Å²) >= 11 is 0. The van der Waals surface area contributed by atoms with E-state index in [4.69, 9.17) is 0 Å². The minimum absolute atomic E-state index is 0.102. The first-order chi connectivity index (χ1) is 5.93. The van der Waals surface area contributed by atoms with Crippen molar-refractivity contribution in [1.29, 1.82) is 0 Å². The lowest BCUT2D eigenvalue weighted by atomic mass is 10.0. The molecule has 1 saturated carbocycles. The van der Waals surface area contributed by atoms with E-state index in [1.54, 1.807) is 0 Å². The number of rotatable bonds is 1. The zero-order valence-corrected chi connectivity index (χ0v) is 8.83. The maximum absolute atomic E-state index is 4.23. The van der Waals surface area contributed by atoms with Gasteiger partial charge in [-0.2, -0.15) is 0 Å². The molecular weight excluding hydrogens is 162 g/mol. The van der Waals surface area contributed by atoms with Crippen LogP contribution in [0.25, 0.3) is 0 Å². The highest BCUT2D eigenvalue weighted by atomic mass is 15.3. The van der Waals surface area contributed by atoms with Crippen LogP contribution in [0.15, 0.2) is 6.33 Å². The SMILES string of the molecule is CC1(c2nncn2C(C)(C)C)CC1. The van der Waals surface area contributed by atoms with Gasteiger partial charge in [-0.25, -0.2) is 0 Å². The van der Waals surface area contributed by atoms with E-state index in [9.17, 15) is 0 Å². The van der Waals surface area contributed by atoms with Gasteiger partial charge >= 0.3 is 0 Å². The average molecular weight is 179 g/mol. The molecule has 0 N–H and O–H groups in total. The third kappa shape index (κ3) is 1.36. The van der Waals surface area contributed by atoms with E-state index in [0.29, 0.717) is 5.41 Å². The van der Waals surface area contributed by atoms with Gasteiger partial charge in [-0.3, -0.25) is 0 Å². The summed E-state index contributed by atoms with van der Waals surface area (Å²) in [4.78, 5) is 0. The minimum Gasteiger partial charge on any atom is -0.312 e. The first-order valence-corrected chi connectivity index (χ1v) is 4.84. The van der Waals surface area contributed by atoms with Gasteiger partial charge in [0.1, 0.15) is 12.2 Å². The van der Waals surface area contributed by atoms with E-state index < -0.39 is 0 Å². The van der Waals surface area contributed by atoms with E-state index in [1.165, 1.54) is 12.8 Å². The van der Waals surface area contributed by atoms with Gasteiger partial charge in [0, 0.05) is 11.0 Å². The Morgan fingerprint density at radius 2 is 2.00 bits per heavy atom. The second-order valence-corrected chi connectivity index (χ2v) is 5.26. The molecule has 0 spiro atoms. The minimum atomic E-state index is 0.102. The standard InChI is InChI=1S/C10H17N3/c1-9(2,3)13-7-11-12-8(13)10(4)5-6-10/h7H,5-6H2,1-4H3. The molecular formula is C10H17N3. The molecule has 0 amide bonds. The van der Waals surface area contributed by atoms with Crippen molar-refractivity contribution in [1.82, 2.24) is 14.8 Å². The molecule has 72 valence electrons. The molecule has 0 unspecified atom stereocenters. The molecule has 0 aliphatic heterocycles. The van der Waals surface area contributed by atoms with Crippen LogP contribution in [-0.4, -0.2) is 14.8 Å². The van der Waals surface area contributed by atoms with Gasteiger partial charge in [-0.15, -0.1) is 10.2 Å². The molecule has 1 fully saturated rings. The summed E-state index contributed by atoms with van der Waals surface area (Å²) in [7, 11) is 0. The average Bonchev–Trinajstić information content (AvgIpc) is 2.60. The van der Waals surface area contributed by atoms with Crippen molar-refractivity contribution in [2.45, 2.75) is 51.5 Å². The van der Waals surface area contributed by atoms with Crippen LogP contribution in [0.1, 0.15) is 46.4 Å². The van der Waals surface area contributed by atoms with E-state index >= 15 is 0 Å². The molecule has 0 atom stereocenters. The first kappa shape index (κ1) is 8.73. The summed E-state index contributed by atoms with van der Waals surface area (Å²) in [6.07, 6.45) is 4.35. The van der Waals surface area contributed by atoms with E-state index in [-0.39, 0.29) is 5.54 Å². The smallest absolute Gasteiger partial charge is 0.139 e. The lowest BCUT2D eigenvalue weighted by Crippen LogP contribution is -2.26. The lowest BCUT2D eigenvalue weighted by Gasteiger charge is -2.24. The van der Waals surface area contributed by atoms with Crippen molar-refractivity contribution in [3.05, 3.63) is 12.2 Å². The fraction of sp³-hybridized carbons (Fsp3) is 0.800. The number of hydrogen-bond donors (Lipinski definition) is 0. The first-order valence-electron chi connectivity index (χ1n) is 4.84. The quantitative estimate of drug-likeness (QED) is 0.661. The molecule has 0 saturated heterocycles. The van der Waals surface area contributed by atoms with Crippen LogP contribution in [0.4, 0.5) is 0 Å². The fourth-order valence-corrected chi connectivity index (χ4v) is 1.55. The Morgan fingerprint density at radius 1 is 1.38 bits per heavy atom. The molecule has 3 heteroatoms. The Bertz CT molecular complexity index is 295. The molecule has 1 aliphatic carbocycles. The van der Waals surface area contributed by atoms with Crippen molar-refractivity contribution in [2.75, 3.05) is 0 Å². The van der Waals surface area contributed by atoms with Gasteiger partial charge < -0.3 is 4.57 Å². The fourth-order valence-electron chi connectivity index (χ4n) is 1.55. The van der Waals surface area contributed by atoms with Crippen molar-refractivity contribution in [3.8, 4) is 0 Å². The van der Waals surface area contributed by atoms with Crippen LogP contribution in [-0.2, 0) is 11.0 Å². The third-order valence-electron chi connectivity index (χ3n) is 2.81. The molecule has 0 aromatic carbocycles. The molecule has 13 heavy (non-hydrogen) atoms. The Labute approximate surface area is 79.2 Å². The largest absolute Gasteiger partial charge is 0.312 e. The Morgan fingerprint density at radius 3 is 2.46 bits per heavy atom. The summed E-state index contributed by atoms with van der Waals surface area (Å²) in [5.74, 6) is 1.15. The second-order valence-electron chi connectivity index (χ2n) is 5.26. The normalized spacial score (nSPS) is 20.3. The van der Waals surface area contributed by atoms with Gasteiger partial charge in [-0.1, -0.05) is 6.92 Å². The Hall–Kier alpha value is -0.860. The lowest BCUT2D eigenvalue weighted by molar-refractivity contribution is 0.371. The Kier molecular flexibility index (Phi) is 1.57. The predicted octanol–water partition coefficient (Wildman–Crippen LogP) is 2.08. The van der Waals surface area contributed by atoms with Crippen LogP contribution in [0.5, 0.6) is 0 Å². The van der Waals surface area contributed by atoms with Crippen LogP contribution < -0.4 is 0 Å². The van der Waals surface area contributed by atoms with E-state index in [1.807, 2.05) is 6.33 Å². The van der Waals surface area contributed by atoms with Crippen LogP contribution >= 0.6 is 0 Å². The zero-order valence-electron chi connectivity index (χ0n) is 8.83. The van der Waals surface area contributed by atoms with Gasteiger partial charge in [0.2, 0.25) is 0 Å². The molecule has 1 aromatic rings. The van der Waals surface area contributed by atoms with Crippen molar-refractivity contribution >= 4 is 0 Å². The van der Waals surface area contributed by atoms with E-state index in [0.717, 1.165) is 5.82 Å². The summed E-state index contributed by atoms with van der Waals surface area (Å²) in [5, 5.41) is 8.24. The summed E-state index contributed by atoms with van der Waals surface area (Å²) in [6.45, 7) is 8.82.